The van der Waals surface area contributed by atoms with Gasteiger partial charge in [-0.1, -0.05) is 166 Å². The van der Waals surface area contributed by atoms with Crippen molar-refractivity contribution >= 4 is 102 Å². The number of imide groups is 2. The number of amides is 6. The third-order valence-corrected chi connectivity index (χ3v) is 25.8. The van der Waals surface area contributed by atoms with E-state index >= 15 is 28.8 Å². The lowest BCUT2D eigenvalue weighted by molar-refractivity contribution is -0.143. The molecule has 15 rings (SSSR count). The lowest BCUT2D eigenvalue weighted by Gasteiger charge is -2.45. The Morgan fingerprint density at radius 3 is 0.714 bits per heavy atom. The molecule has 22 nitrogen and oxygen atoms in total. The summed E-state index contributed by atoms with van der Waals surface area (Å²) in [7, 11) is 0. The molecule has 126 heavy (non-hydrogen) atoms. The molecular weight excluding hydrogens is 1590 g/mol. The molecule has 4 fully saturated rings. The number of carbonyl (C=O) groups is 10. The summed E-state index contributed by atoms with van der Waals surface area (Å²) < 4.78 is 51.9. The van der Waals surface area contributed by atoms with E-state index in [9.17, 15) is 19.2 Å². The highest BCUT2D eigenvalue weighted by atomic mass is 16.5. The van der Waals surface area contributed by atoms with Gasteiger partial charge in [-0.25, -0.2) is 19.2 Å². The highest BCUT2D eigenvalue weighted by Crippen LogP contribution is 2.59. The van der Waals surface area contributed by atoms with Crippen molar-refractivity contribution in [3.05, 3.63) is 214 Å². The van der Waals surface area contributed by atoms with E-state index in [1.54, 1.807) is 100 Å². The first-order valence-electron chi connectivity index (χ1n) is 45.0. The van der Waals surface area contributed by atoms with Crippen LogP contribution in [0.25, 0.3) is 43.1 Å². The van der Waals surface area contributed by atoms with Crippen molar-refractivity contribution < 1.29 is 85.8 Å². The maximum atomic E-state index is 16.9. The standard InChI is InChI=1S/C104H112N4O18/c1-11-81(99(113)105(69-25-17-13-18-26-69)70-27-19-14-20-28-70)107-95(109)77-57-83(123-73-41-33-65(34-42-73)49-53-119-101(115)61(3)4)89-91-85(125-75-45-37-67(38-46-75)51-55-121-103(117)63(7)8)59-79-88-80(98(112)108(97(79)111)82(12-2)100(114)106(71-29-21-15-22-30-71)72-31-23-16-24-32-72)60-86(126-76-47-39-68(40-48-76)52-56-122-104(118)64(9)10)92(94(88)91)90-84(58-78(96(107)110)87(77)93(89)90)124-74-43-35-66(36-44-74)50-54-120-102(116)62(5)6/h33-48,57-60,69-72,81-82H,3,5,7,9,11-32,49-56H2,1-2,4,6,8,10H3. The average molecular weight is 1710 g/mol. The van der Waals surface area contributed by atoms with Crippen LogP contribution in [0.4, 0.5) is 0 Å². The number of hydrogen-bond donors (Lipinski definition) is 0. The van der Waals surface area contributed by atoms with Gasteiger partial charge in [-0.15, -0.1) is 0 Å². The number of nitrogens with zero attached hydrogens (tertiary/aromatic N) is 4. The zero-order valence-corrected chi connectivity index (χ0v) is 73.2. The van der Waals surface area contributed by atoms with E-state index in [1.807, 2.05) is 72.2 Å². The number of benzene rings is 9. The molecule has 9 aromatic carbocycles. The van der Waals surface area contributed by atoms with Crippen LogP contribution >= 0.6 is 0 Å². The quantitative estimate of drug-likeness (QED) is 0.00906. The van der Waals surface area contributed by atoms with Crippen molar-refractivity contribution in [2.45, 2.75) is 245 Å². The molecule has 4 aliphatic carbocycles. The molecule has 9 aromatic rings. The molecule has 2 heterocycles. The second-order valence-electron chi connectivity index (χ2n) is 34.8. The SMILES string of the molecule is C=C(C)C(=O)OCCc1ccc(Oc2cc3c4c(cc(Oc5ccc(CCOC(=O)C(=C)C)cc5)c5c6c(Oc7ccc(CCOC(=O)C(=C)C)cc7)cc7c8c(cc(Oc9ccc(CCOC(=O)C(=C)C)cc9)c(c2c45)c86)C(=O)N(C(CC)C(=O)N(C2CCCCC2)C2CCCCC2)C7=O)C(=O)N(C(CC)C(=O)N(C2CCCCC2)C2CCCCC2)C3=O)cc1. The Morgan fingerprint density at radius 2 is 0.524 bits per heavy atom. The van der Waals surface area contributed by atoms with Gasteiger partial charge in [0.15, 0.2) is 0 Å². The molecule has 6 amide bonds. The molecule has 656 valence electrons. The van der Waals surface area contributed by atoms with E-state index < -0.39 is 59.6 Å². The van der Waals surface area contributed by atoms with Gasteiger partial charge in [0.2, 0.25) is 11.8 Å². The second-order valence-corrected chi connectivity index (χ2v) is 34.8. The number of ether oxygens (including phenoxy) is 8. The molecule has 2 atom stereocenters. The van der Waals surface area contributed by atoms with Crippen molar-refractivity contribution in [3.8, 4) is 46.0 Å². The Balaban J connectivity index is 1.03. The largest absolute Gasteiger partial charge is 0.462 e. The molecule has 0 spiro atoms. The van der Waals surface area contributed by atoms with Crippen molar-refractivity contribution in [2.24, 2.45) is 0 Å². The summed E-state index contributed by atoms with van der Waals surface area (Å²) in [6, 6.07) is 31.9. The maximum absolute atomic E-state index is 16.9. The van der Waals surface area contributed by atoms with E-state index in [0.717, 1.165) is 160 Å². The molecule has 0 N–H and O–H groups in total. The lowest BCUT2D eigenvalue weighted by Crippen LogP contribution is -2.59. The summed E-state index contributed by atoms with van der Waals surface area (Å²) in [5.41, 5.74) is 4.07. The van der Waals surface area contributed by atoms with Gasteiger partial charge in [0.25, 0.3) is 23.6 Å². The molecule has 22 heteroatoms. The summed E-state index contributed by atoms with van der Waals surface area (Å²) in [6.07, 6.45) is 19.3. The molecule has 2 aliphatic heterocycles. The van der Waals surface area contributed by atoms with Gasteiger partial charge in [0.1, 0.15) is 58.1 Å². The van der Waals surface area contributed by atoms with Crippen LogP contribution in [-0.2, 0) is 73.4 Å². The number of esters is 4. The highest BCUT2D eigenvalue weighted by molar-refractivity contribution is 6.45. The first kappa shape index (κ1) is 88.4. The van der Waals surface area contributed by atoms with Crippen LogP contribution in [0.1, 0.15) is 246 Å². The van der Waals surface area contributed by atoms with Crippen LogP contribution in [-0.4, -0.2) is 142 Å². The zero-order chi connectivity index (χ0) is 88.7. The molecule has 0 radical (unpaired) electrons. The Hall–Kier alpha value is -12.5. The van der Waals surface area contributed by atoms with Crippen LogP contribution < -0.4 is 18.9 Å². The Labute approximate surface area is 735 Å². The van der Waals surface area contributed by atoms with Crippen molar-refractivity contribution in [3.63, 3.8) is 0 Å². The molecule has 0 saturated heterocycles. The summed E-state index contributed by atoms with van der Waals surface area (Å²) in [6.45, 7) is 25.1. The van der Waals surface area contributed by atoms with E-state index in [0.29, 0.717) is 25.7 Å². The van der Waals surface area contributed by atoms with Crippen molar-refractivity contribution in [1.29, 1.82) is 0 Å². The predicted molar refractivity (Wildman–Crippen MR) is 482 cm³/mol. The molecular formula is C104H112N4O18. The second kappa shape index (κ2) is 39.0. The number of hydrogen-bond acceptors (Lipinski definition) is 18. The van der Waals surface area contributed by atoms with Crippen LogP contribution in [0.3, 0.4) is 0 Å². The number of rotatable bonds is 34. The van der Waals surface area contributed by atoms with E-state index in [4.69, 9.17) is 37.9 Å². The highest BCUT2D eigenvalue weighted by Gasteiger charge is 2.49. The van der Waals surface area contributed by atoms with Crippen LogP contribution in [0.5, 0.6) is 46.0 Å². The van der Waals surface area contributed by atoms with Gasteiger partial charge in [-0.3, -0.25) is 38.6 Å². The van der Waals surface area contributed by atoms with Crippen LogP contribution in [0, 0.1) is 0 Å². The first-order chi connectivity index (χ1) is 60.9. The third-order valence-electron chi connectivity index (χ3n) is 25.8. The van der Waals surface area contributed by atoms with Gasteiger partial charge in [-0.2, -0.15) is 0 Å². The molecule has 0 aromatic heterocycles. The maximum Gasteiger partial charge on any atom is 0.333 e. The van der Waals surface area contributed by atoms with E-state index in [1.165, 1.54) is 0 Å². The van der Waals surface area contributed by atoms with Gasteiger partial charge in [-0.05, 0) is 187 Å². The number of carbonyl (C=O) groups excluding carboxylic acids is 10. The summed E-state index contributed by atoms with van der Waals surface area (Å²) in [5, 5.41) is 1.60. The Morgan fingerprint density at radius 1 is 0.317 bits per heavy atom. The Bertz CT molecular complexity index is 5090. The topological polar surface area (TPSA) is 258 Å². The minimum absolute atomic E-state index is 0.00766. The normalized spacial score (nSPS) is 16.3. The van der Waals surface area contributed by atoms with E-state index in [2.05, 4.69) is 26.3 Å². The van der Waals surface area contributed by atoms with Crippen LogP contribution in [0.15, 0.2) is 170 Å². The fourth-order valence-corrected chi connectivity index (χ4v) is 19.4. The fraction of sp³-hybridized carbons (Fsp3) is 0.404. The summed E-state index contributed by atoms with van der Waals surface area (Å²) in [5.74, 6) is -4.70. The summed E-state index contributed by atoms with van der Waals surface area (Å²) in [4.78, 5) is 157. The van der Waals surface area contributed by atoms with E-state index in [-0.39, 0.29) is 209 Å². The summed E-state index contributed by atoms with van der Waals surface area (Å²) >= 11 is 0. The average Bonchev–Trinajstić information content (AvgIpc) is 0.669. The van der Waals surface area contributed by atoms with Crippen molar-refractivity contribution in [2.75, 3.05) is 26.4 Å². The monoisotopic (exact) mass is 1700 g/mol. The zero-order valence-electron chi connectivity index (χ0n) is 73.2. The van der Waals surface area contributed by atoms with Crippen molar-refractivity contribution in [1.82, 2.24) is 19.6 Å². The van der Waals surface area contributed by atoms with Gasteiger partial charge in [0.05, 0.1) is 48.7 Å². The van der Waals surface area contributed by atoms with Gasteiger partial charge in [0, 0.05) is 115 Å². The smallest absolute Gasteiger partial charge is 0.333 e. The van der Waals surface area contributed by atoms with Crippen LogP contribution in [0.2, 0.25) is 0 Å². The fourth-order valence-electron chi connectivity index (χ4n) is 19.4. The Kier molecular flexibility index (Phi) is 27.3. The third kappa shape index (κ3) is 18.5. The lowest BCUT2D eigenvalue weighted by atomic mass is 9.80. The van der Waals surface area contributed by atoms with Gasteiger partial charge < -0.3 is 47.7 Å². The minimum Gasteiger partial charge on any atom is -0.462 e. The number of fused-ring (bicyclic) bond motifs is 2. The predicted octanol–water partition coefficient (Wildman–Crippen LogP) is 21.3. The molecule has 0 bridgehead atoms. The minimum atomic E-state index is -1.28. The first-order valence-corrected chi connectivity index (χ1v) is 45.0. The molecule has 4 saturated carbocycles. The molecule has 2 unspecified atom stereocenters. The molecule has 6 aliphatic rings. The van der Waals surface area contributed by atoms with Gasteiger partial charge >= 0.3 is 23.9 Å².